The Labute approximate surface area is 128 Å². The summed E-state index contributed by atoms with van der Waals surface area (Å²) in [5, 5.41) is 11.0. The lowest BCUT2D eigenvalue weighted by molar-refractivity contribution is -0.124. The number of imide groups is 1. The Morgan fingerprint density at radius 3 is 2.57 bits per heavy atom. The summed E-state index contributed by atoms with van der Waals surface area (Å²) >= 11 is 5.53. The summed E-state index contributed by atoms with van der Waals surface area (Å²) in [5.74, 6) is -0.612. The van der Waals surface area contributed by atoms with Gasteiger partial charge in [0.25, 0.3) is 0 Å². The number of halogens is 1. The summed E-state index contributed by atoms with van der Waals surface area (Å²) in [4.78, 5) is 22.7. The Morgan fingerprint density at radius 2 is 2.10 bits per heavy atom. The van der Waals surface area contributed by atoms with Gasteiger partial charge in [0.05, 0.1) is 6.61 Å². The number of ether oxygens (including phenoxy) is 2. The summed E-state index contributed by atoms with van der Waals surface area (Å²) in [7, 11) is 0. The number of allylic oxidation sites excluding steroid dienone is 1. The zero-order valence-electron chi connectivity index (χ0n) is 12.4. The van der Waals surface area contributed by atoms with Gasteiger partial charge in [0.15, 0.2) is 0 Å². The van der Waals surface area contributed by atoms with E-state index >= 15 is 0 Å². The molecule has 1 heterocycles. The lowest BCUT2D eigenvalue weighted by atomic mass is 9.70. The van der Waals surface area contributed by atoms with Gasteiger partial charge in [0.1, 0.15) is 17.3 Å². The standard InChI is InChI=1S/C14H20ClNO5/c1-4-9(2)14(19)7-11(5-6-13(14)8-20-13)21-12(18)16(15)10(3)17/h4,11,19H,5-8H2,1-3H3/t11-,13?,14?/m1/s1. The van der Waals surface area contributed by atoms with Crippen LogP contribution in [-0.2, 0) is 14.3 Å². The Hall–Kier alpha value is -1.11. The Balaban J connectivity index is 2.08. The predicted octanol–water partition coefficient (Wildman–Crippen LogP) is 2.14. The van der Waals surface area contributed by atoms with Crippen LogP contribution < -0.4 is 0 Å². The molecule has 1 aliphatic heterocycles. The molecule has 1 N–H and O–H groups in total. The Morgan fingerprint density at radius 1 is 1.48 bits per heavy atom. The van der Waals surface area contributed by atoms with Crippen LogP contribution in [-0.4, -0.2) is 45.4 Å². The molecule has 0 bridgehead atoms. The molecule has 0 aromatic heterocycles. The highest BCUT2D eigenvalue weighted by atomic mass is 35.5. The number of epoxide rings is 1. The highest BCUT2D eigenvalue weighted by Gasteiger charge is 2.64. The average molecular weight is 318 g/mol. The summed E-state index contributed by atoms with van der Waals surface area (Å²) in [5.41, 5.74) is -0.929. The quantitative estimate of drug-likeness (QED) is 0.479. The van der Waals surface area contributed by atoms with E-state index in [0.717, 1.165) is 5.57 Å². The molecule has 1 spiro atoms. The first kappa shape index (κ1) is 16.3. The number of rotatable bonds is 2. The van der Waals surface area contributed by atoms with E-state index in [-0.39, 0.29) is 6.42 Å². The smallest absolute Gasteiger partial charge is 0.432 e. The molecule has 0 aromatic carbocycles. The van der Waals surface area contributed by atoms with Gasteiger partial charge in [0, 0.05) is 25.1 Å². The molecule has 2 fully saturated rings. The molecule has 21 heavy (non-hydrogen) atoms. The van der Waals surface area contributed by atoms with Crippen molar-refractivity contribution in [3.63, 3.8) is 0 Å². The first-order valence-electron chi connectivity index (χ1n) is 6.92. The number of aliphatic hydroxyl groups is 1. The van der Waals surface area contributed by atoms with Crippen molar-refractivity contribution < 1.29 is 24.2 Å². The molecule has 1 saturated carbocycles. The molecule has 1 saturated heterocycles. The third-order valence-corrected chi connectivity index (χ3v) is 4.81. The maximum absolute atomic E-state index is 11.7. The van der Waals surface area contributed by atoms with E-state index in [1.165, 1.54) is 6.92 Å². The van der Waals surface area contributed by atoms with Crippen molar-refractivity contribution in [1.29, 1.82) is 0 Å². The second kappa shape index (κ2) is 5.59. The molecule has 2 rings (SSSR count). The molecule has 2 unspecified atom stereocenters. The maximum atomic E-state index is 11.7. The number of carbonyl (C=O) groups is 2. The van der Waals surface area contributed by atoms with Crippen LogP contribution >= 0.6 is 11.8 Å². The zero-order valence-corrected chi connectivity index (χ0v) is 13.1. The Bertz CT molecular complexity index is 488. The molecule has 7 heteroatoms. The van der Waals surface area contributed by atoms with E-state index in [1.807, 2.05) is 19.9 Å². The minimum atomic E-state index is -1.15. The second-order valence-electron chi connectivity index (χ2n) is 5.66. The fourth-order valence-electron chi connectivity index (χ4n) is 2.87. The SMILES string of the molecule is CC=C(C)C1(O)C[C@H](OC(=O)N(Cl)C(C)=O)CCC12CO2. The van der Waals surface area contributed by atoms with Crippen molar-refractivity contribution in [3.8, 4) is 0 Å². The van der Waals surface area contributed by atoms with Crippen LogP contribution in [0, 0.1) is 0 Å². The van der Waals surface area contributed by atoms with Crippen molar-refractivity contribution >= 4 is 23.8 Å². The monoisotopic (exact) mass is 317 g/mol. The number of hydrogen-bond acceptors (Lipinski definition) is 5. The molecule has 3 atom stereocenters. The minimum absolute atomic E-state index is 0.234. The first-order valence-corrected chi connectivity index (χ1v) is 7.26. The van der Waals surface area contributed by atoms with Crippen LogP contribution in [0.2, 0.25) is 0 Å². The number of carbonyl (C=O) groups excluding carboxylic acids is 2. The molecule has 2 amide bonds. The van der Waals surface area contributed by atoms with Gasteiger partial charge in [0.2, 0.25) is 5.91 Å². The van der Waals surface area contributed by atoms with Crippen molar-refractivity contribution in [1.82, 2.24) is 4.42 Å². The fourth-order valence-corrected chi connectivity index (χ4v) is 2.91. The highest BCUT2D eigenvalue weighted by molar-refractivity contribution is 6.28. The van der Waals surface area contributed by atoms with Crippen LogP contribution in [0.15, 0.2) is 11.6 Å². The van der Waals surface area contributed by atoms with Gasteiger partial charge in [-0.15, -0.1) is 0 Å². The topological polar surface area (TPSA) is 79.4 Å². The zero-order chi connectivity index (χ0) is 15.8. The lowest BCUT2D eigenvalue weighted by Gasteiger charge is -2.42. The first-order chi connectivity index (χ1) is 9.75. The van der Waals surface area contributed by atoms with E-state index < -0.39 is 29.3 Å². The van der Waals surface area contributed by atoms with Crippen molar-refractivity contribution in [2.45, 2.75) is 57.3 Å². The maximum Gasteiger partial charge on any atom is 0.432 e. The van der Waals surface area contributed by atoms with E-state index in [1.54, 1.807) is 0 Å². The lowest BCUT2D eigenvalue weighted by Crippen LogP contribution is -2.53. The molecule has 0 aromatic rings. The molecule has 118 valence electrons. The second-order valence-corrected chi connectivity index (χ2v) is 6.00. The number of nitrogens with zero attached hydrogens (tertiary/aromatic N) is 1. The molecular formula is C14H20ClNO5. The molecule has 0 radical (unpaired) electrons. The van der Waals surface area contributed by atoms with Crippen LogP contribution in [0.5, 0.6) is 0 Å². The fraction of sp³-hybridized carbons (Fsp3) is 0.714. The van der Waals surface area contributed by atoms with E-state index in [2.05, 4.69) is 0 Å². The minimum Gasteiger partial charge on any atom is -0.445 e. The normalized spacial score (nSPS) is 35.5. The van der Waals surface area contributed by atoms with Crippen LogP contribution in [0.3, 0.4) is 0 Å². The molecule has 6 nitrogen and oxygen atoms in total. The number of amides is 2. The largest absolute Gasteiger partial charge is 0.445 e. The van der Waals surface area contributed by atoms with E-state index in [0.29, 0.717) is 23.9 Å². The third kappa shape index (κ3) is 2.80. The third-order valence-electron chi connectivity index (χ3n) is 4.43. The van der Waals surface area contributed by atoms with Gasteiger partial charge in [-0.25, -0.2) is 4.79 Å². The Kier molecular flexibility index (Phi) is 4.33. The van der Waals surface area contributed by atoms with Gasteiger partial charge in [-0.1, -0.05) is 6.08 Å². The van der Waals surface area contributed by atoms with Crippen LogP contribution in [0.25, 0.3) is 0 Å². The van der Waals surface area contributed by atoms with Gasteiger partial charge >= 0.3 is 6.09 Å². The van der Waals surface area contributed by atoms with Crippen molar-refractivity contribution in [2.75, 3.05) is 6.61 Å². The summed E-state index contributed by atoms with van der Waals surface area (Å²) in [6.07, 6.45) is 1.80. The highest BCUT2D eigenvalue weighted by Crippen LogP contribution is 2.52. The summed E-state index contributed by atoms with van der Waals surface area (Å²) in [6, 6.07) is 0. The summed E-state index contributed by atoms with van der Waals surface area (Å²) < 4.78 is 11.1. The van der Waals surface area contributed by atoms with Crippen LogP contribution in [0.1, 0.15) is 40.0 Å². The number of hydrogen-bond donors (Lipinski definition) is 1. The van der Waals surface area contributed by atoms with Gasteiger partial charge in [-0.3, -0.25) is 4.79 Å². The van der Waals surface area contributed by atoms with E-state index in [4.69, 9.17) is 21.3 Å². The van der Waals surface area contributed by atoms with Crippen LogP contribution in [0.4, 0.5) is 4.79 Å². The van der Waals surface area contributed by atoms with E-state index in [9.17, 15) is 14.7 Å². The van der Waals surface area contributed by atoms with Gasteiger partial charge in [-0.2, -0.15) is 4.42 Å². The molecular weight excluding hydrogens is 298 g/mol. The predicted molar refractivity (Wildman–Crippen MR) is 75.6 cm³/mol. The van der Waals surface area contributed by atoms with Gasteiger partial charge in [-0.05, 0) is 32.3 Å². The average Bonchev–Trinajstić information content (AvgIpc) is 3.22. The van der Waals surface area contributed by atoms with Crippen molar-refractivity contribution in [3.05, 3.63) is 11.6 Å². The summed E-state index contributed by atoms with van der Waals surface area (Å²) in [6.45, 7) is 5.35. The molecule has 1 aliphatic carbocycles. The van der Waals surface area contributed by atoms with Gasteiger partial charge < -0.3 is 14.6 Å². The molecule has 2 aliphatic rings. The van der Waals surface area contributed by atoms with Crippen molar-refractivity contribution in [2.24, 2.45) is 0 Å².